The van der Waals surface area contributed by atoms with Gasteiger partial charge in [-0.15, -0.1) is 0 Å². The Hall–Kier alpha value is -2.58. The minimum atomic E-state index is -4.47. The Kier molecular flexibility index (Phi) is 8.25. The molecule has 0 spiro atoms. The number of benzene rings is 2. The van der Waals surface area contributed by atoms with Crippen LogP contribution < -0.4 is 5.32 Å². The minimum absolute atomic E-state index is 0.0859. The van der Waals surface area contributed by atoms with Crippen molar-refractivity contribution in [2.75, 3.05) is 45.6 Å². The number of anilines is 1. The van der Waals surface area contributed by atoms with Gasteiger partial charge in [0.1, 0.15) is 6.04 Å². The molecule has 1 atom stereocenters. The molecule has 2 aromatic rings. The van der Waals surface area contributed by atoms with Crippen LogP contribution in [-0.2, 0) is 30.5 Å². The monoisotopic (exact) mass is 502 g/mol. The Bertz CT molecular complexity index is 1050. The first-order chi connectivity index (χ1) is 17.1. The summed E-state index contributed by atoms with van der Waals surface area (Å²) >= 11 is 0. The fourth-order valence-electron chi connectivity index (χ4n) is 4.92. The van der Waals surface area contributed by atoms with E-state index in [0.717, 1.165) is 43.7 Å². The van der Waals surface area contributed by atoms with E-state index in [4.69, 9.17) is 0 Å². The average molecular weight is 503 g/mol. The molecular weight excluding hydrogens is 465 g/mol. The minimum Gasteiger partial charge on any atom is -0.374 e. The number of likely N-dealkylation sites (N-methyl/N-ethyl adjacent to an activating group) is 1. The maximum absolute atomic E-state index is 13.6. The molecular formula is C28H37F3N4O. The van der Waals surface area contributed by atoms with E-state index >= 15 is 0 Å². The lowest BCUT2D eigenvalue weighted by atomic mass is 9.97. The molecule has 8 heteroatoms. The second-order valence-corrected chi connectivity index (χ2v) is 10.5. The Morgan fingerprint density at radius 2 is 1.86 bits per heavy atom. The SMILES string of the molecule is CC(Nc1cccc2c1CCN(CC1CC1)C2)C(=O)N(CCN(C)C)Cc1ccccc1C(F)(F)F. The second kappa shape index (κ2) is 11.2. The number of halogens is 3. The number of hydrogen-bond acceptors (Lipinski definition) is 4. The van der Waals surface area contributed by atoms with Crippen LogP contribution in [0.1, 0.15) is 42.0 Å². The van der Waals surface area contributed by atoms with E-state index in [2.05, 4.69) is 16.3 Å². The van der Waals surface area contributed by atoms with Crippen LogP contribution in [0.5, 0.6) is 0 Å². The summed E-state index contributed by atoms with van der Waals surface area (Å²) in [4.78, 5) is 19.5. The second-order valence-electron chi connectivity index (χ2n) is 10.5. The first-order valence-electron chi connectivity index (χ1n) is 12.8. The molecule has 0 bridgehead atoms. The van der Waals surface area contributed by atoms with Crippen LogP contribution in [0.15, 0.2) is 42.5 Å². The van der Waals surface area contributed by atoms with Gasteiger partial charge in [0.05, 0.1) is 5.56 Å². The standard InChI is InChI=1S/C28H37F3N4O/c1-20(32-26-10-6-8-22-18-34(14-13-24(22)26)17-21-11-12-21)27(36)35(16-15-33(2)3)19-23-7-4-5-9-25(23)28(29,30)31/h4-10,20-21,32H,11-19H2,1-3H3. The van der Waals surface area contributed by atoms with Crippen molar-refractivity contribution in [2.24, 2.45) is 5.92 Å². The number of fused-ring (bicyclic) bond motifs is 1. The van der Waals surface area contributed by atoms with Crippen LogP contribution in [0.3, 0.4) is 0 Å². The first-order valence-corrected chi connectivity index (χ1v) is 12.8. The fourth-order valence-corrected chi connectivity index (χ4v) is 4.92. The van der Waals surface area contributed by atoms with Crippen LogP contribution in [0.4, 0.5) is 18.9 Å². The van der Waals surface area contributed by atoms with E-state index in [1.807, 2.05) is 31.1 Å². The molecule has 1 saturated carbocycles. The summed E-state index contributed by atoms with van der Waals surface area (Å²) < 4.78 is 40.8. The van der Waals surface area contributed by atoms with Crippen molar-refractivity contribution in [3.8, 4) is 0 Å². The number of carbonyl (C=O) groups excluding carboxylic acids is 1. The third kappa shape index (κ3) is 6.79. The molecule has 1 amide bonds. The molecule has 0 radical (unpaired) electrons. The summed E-state index contributed by atoms with van der Waals surface area (Å²) in [7, 11) is 3.77. The summed E-state index contributed by atoms with van der Waals surface area (Å²) in [5.74, 6) is 0.638. The largest absolute Gasteiger partial charge is 0.416 e. The predicted octanol–water partition coefficient (Wildman–Crippen LogP) is 4.86. The smallest absolute Gasteiger partial charge is 0.374 e. The lowest BCUT2D eigenvalue weighted by Crippen LogP contribution is -2.44. The molecule has 5 nitrogen and oxygen atoms in total. The van der Waals surface area contributed by atoms with Gasteiger partial charge in [0, 0.05) is 45.0 Å². The van der Waals surface area contributed by atoms with Gasteiger partial charge in [0.25, 0.3) is 0 Å². The first kappa shape index (κ1) is 26.5. The van der Waals surface area contributed by atoms with E-state index in [9.17, 15) is 18.0 Å². The highest BCUT2D eigenvalue weighted by Crippen LogP contribution is 2.34. The number of alkyl halides is 3. The maximum Gasteiger partial charge on any atom is 0.416 e. The van der Waals surface area contributed by atoms with Crippen molar-refractivity contribution in [1.29, 1.82) is 0 Å². The van der Waals surface area contributed by atoms with Crippen molar-refractivity contribution < 1.29 is 18.0 Å². The van der Waals surface area contributed by atoms with E-state index < -0.39 is 17.8 Å². The van der Waals surface area contributed by atoms with Gasteiger partial charge in [-0.2, -0.15) is 13.2 Å². The van der Waals surface area contributed by atoms with Crippen molar-refractivity contribution in [3.63, 3.8) is 0 Å². The molecule has 1 aliphatic heterocycles. The van der Waals surface area contributed by atoms with E-state index in [1.54, 1.807) is 13.0 Å². The van der Waals surface area contributed by atoms with Crippen molar-refractivity contribution in [2.45, 2.75) is 51.5 Å². The molecule has 36 heavy (non-hydrogen) atoms. The lowest BCUT2D eigenvalue weighted by molar-refractivity contribution is -0.140. The molecule has 1 fully saturated rings. The highest BCUT2D eigenvalue weighted by molar-refractivity contribution is 5.84. The van der Waals surface area contributed by atoms with E-state index in [1.165, 1.54) is 41.0 Å². The molecule has 1 heterocycles. The number of nitrogens with zero attached hydrogens (tertiary/aromatic N) is 3. The molecule has 0 saturated heterocycles. The zero-order valence-corrected chi connectivity index (χ0v) is 21.4. The summed E-state index contributed by atoms with van der Waals surface area (Å²) in [5.41, 5.74) is 2.89. The molecule has 0 aromatic heterocycles. The van der Waals surface area contributed by atoms with Gasteiger partial charge < -0.3 is 15.1 Å². The molecule has 2 aromatic carbocycles. The van der Waals surface area contributed by atoms with Crippen molar-refractivity contribution >= 4 is 11.6 Å². The lowest BCUT2D eigenvalue weighted by Gasteiger charge is -2.32. The topological polar surface area (TPSA) is 38.8 Å². The predicted molar refractivity (Wildman–Crippen MR) is 137 cm³/mol. The van der Waals surface area contributed by atoms with Gasteiger partial charge in [0.2, 0.25) is 5.91 Å². The number of carbonyl (C=O) groups is 1. The van der Waals surface area contributed by atoms with Crippen molar-refractivity contribution in [1.82, 2.24) is 14.7 Å². The Balaban J connectivity index is 1.48. The quantitative estimate of drug-likeness (QED) is 0.504. The summed E-state index contributed by atoms with van der Waals surface area (Å²) in [6.45, 7) is 5.70. The van der Waals surface area contributed by atoms with Crippen molar-refractivity contribution in [3.05, 3.63) is 64.7 Å². The van der Waals surface area contributed by atoms with E-state index in [0.29, 0.717) is 13.1 Å². The highest BCUT2D eigenvalue weighted by Gasteiger charge is 2.34. The molecule has 4 rings (SSSR count). The Morgan fingerprint density at radius 1 is 1.11 bits per heavy atom. The Labute approximate surface area is 212 Å². The van der Waals surface area contributed by atoms with Gasteiger partial charge in [-0.3, -0.25) is 9.69 Å². The average Bonchev–Trinajstić information content (AvgIpc) is 3.65. The third-order valence-corrected chi connectivity index (χ3v) is 7.11. The zero-order chi connectivity index (χ0) is 25.9. The molecule has 1 N–H and O–H groups in total. The zero-order valence-electron chi connectivity index (χ0n) is 21.4. The van der Waals surface area contributed by atoms with Crippen LogP contribution in [0.2, 0.25) is 0 Å². The van der Waals surface area contributed by atoms with E-state index in [-0.39, 0.29) is 18.0 Å². The summed E-state index contributed by atoms with van der Waals surface area (Å²) in [5, 5.41) is 3.39. The summed E-state index contributed by atoms with van der Waals surface area (Å²) in [6.07, 6.45) is -0.868. The number of rotatable bonds is 10. The van der Waals surface area contributed by atoms with Crippen LogP contribution in [0, 0.1) is 5.92 Å². The number of amides is 1. The molecule has 1 unspecified atom stereocenters. The van der Waals surface area contributed by atoms with Crippen LogP contribution >= 0.6 is 0 Å². The fraction of sp³-hybridized carbons (Fsp3) is 0.536. The van der Waals surface area contributed by atoms with Gasteiger partial charge >= 0.3 is 6.18 Å². The third-order valence-electron chi connectivity index (χ3n) is 7.11. The highest BCUT2D eigenvalue weighted by atomic mass is 19.4. The number of nitrogens with one attached hydrogen (secondary N) is 1. The molecule has 1 aliphatic carbocycles. The van der Waals surface area contributed by atoms with Gasteiger partial charge in [-0.1, -0.05) is 30.3 Å². The van der Waals surface area contributed by atoms with Gasteiger partial charge in [-0.25, -0.2) is 0 Å². The molecule has 2 aliphatic rings. The van der Waals surface area contributed by atoms with Crippen LogP contribution in [0.25, 0.3) is 0 Å². The molecule has 196 valence electrons. The van der Waals surface area contributed by atoms with Crippen LogP contribution in [-0.4, -0.2) is 66.9 Å². The Morgan fingerprint density at radius 3 is 2.56 bits per heavy atom. The summed E-state index contributed by atoms with van der Waals surface area (Å²) in [6, 6.07) is 11.1. The number of hydrogen-bond donors (Lipinski definition) is 1. The normalized spacial score (nSPS) is 17.1. The maximum atomic E-state index is 13.6. The van der Waals surface area contributed by atoms with Gasteiger partial charge in [-0.05, 0) is 75.0 Å². The van der Waals surface area contributed by atoms with Gasteiger partial charge in [0.15, 0.2) is 0 Å².